The van der Waals surface area contributed by atoms with Crippen molar-refractivity contribution in [3.05, 3.63) is 53.9 Å². The van der Waals surface area contributed by atoms with Crippen LogP contribution in [-0.2, 0) is 19.1 Å². The van der Waals surface area contributed by atoms with Gasteiger partial charge in [-0.1, -0.05) is 36.4 Å². The van der Waals surface area contributed by atoms with Gasteiger partial charge < -0.3 is 29.7 Å². The van der Waals surface area contributed by atoms with Gasteiger partial charge >= 0.3 is 12.1 Å². The van der Waals surface area contributed by atoms with Crippen molar-refractivity contribution < 1.29 is 33.8 Å². The summed E-state index contributed by atoms with van der Waals surface area (Å²) in [5, 5.41) is 12.0. The molecule has 1 saturated heterocycles. The number of aliphatic carboxylic acids is 1. The smallest absolute Gasteiger partial charge is 0.409 e. The first kappa shape index (κ1) is 28.7. The van der Waals surface area contributed by atoms with E-state index in [2.05, 4.69) is 15.3 Å². The Bertz CT molecular complexity index is 1260. The van der Waals surface area contributed by atoms with Crippen LogP contribution in [-0.4, -0.2) is 101 Å². The van der Waals surface area contributed by atoms with E-state index in [0.29, 0.717) is 31.2 Å². The van der Waals surface area contributed by atoms with E-state index < -0.39 is 29.9 Å². The highest BCUT2D eigenvalue weighted by Crippen LogP contribution is 2.24. The third-order valence-corrected chi connectivity index (χ3v) is 6.65. The molecule has 12 heteroatoms. The molecule has 1 aromatic heterocycles. The van der Waals surface area contributed by atoms with Gasteiger partial charge in [-0.2, -0.15) is 0 Å². The molecule has 2 aliphatic rings. The summed E-state index contributed by atoms with van der Waals surface area (Å²) in [7, 11) is 0. The predicted octanol–water partition coefficient (Wildman–Crippen LogP) is 2.21. The Morgan fingerprint density at radius 3 is 2.45 bits per heavy atom. The zero-order valence-corrected chi connectivity index (χ0v) is 22.4. The van der Waals surface area contributed by atoms with E-state index in [1.165, 1.54) is 9.80 Å². The Kier molecular flexibility index (Phi) is 9.79. The highest BCUT2D eigenvalue weighted by molar-refractivity contribution is 5.97. The molecule has 3 amide bonds. The van der Waals surface area contributed by atoms with Gasteiger partial charge in [0.25, 0.3) is 5.91 Å². The average Bonchev–Trinajstić information content (AvgIpc) is 2.99. The van der Waals surface area contributed by atoms with Gasteiger partial charge in [0.15, 0.2) is 5.82 Å². The lowest BCUT2D eigenvalue weighted by molar-refractivity contribution is -0.138. The number of carbonyl (C=O) groups excluding carboxylic acids is 3. The molecule has 0 spiro atoms. The number of amides is 3. The molecule has 0 aliphatic carbocycles. The maximum atomic E-state index is 13.5. The molecule has 2 N–H and O–H groups in total. The summed E-state index contributed by atoms with van der Waals surface area (Å²) in [5.74, 6) is -1.74. The molecule has 2 aliphatic heterocycles. The van der Waals surface area contributed by atoms with Crippen molar-refractivity contribution >= 4 is 29.5 Å². The monoisotopic (exact) mass is 551 g/mol. The molecule has 1 unspecified atom stereocenters. The van der Waals surface area contributed by atoms with Crippen LogP contribution in [0.2, 0.25) is 0 Å². The zero-order valence-electron chi connectivity index (χ0n) is 22.4. The van der Waals surface area contributed by atoms with Crippen LogP contribution in [0.4, 0.5) is 4.79 Å². The van der Waals surface area contributed by atoms with Gasteiger partial charge in [0, 0.05) is 38.2 Å². The molecule has 212 valence electrons. The van der Waals surface area contributed by atoms with Gasteiger partial charge in [0.1, 0.15) is 11.7 Å². The summed E-state index contributed by atoms with van der Waals surface area (Å²) in [4.78, 5) is 62.4. The topological polar surface area (TPSA) is 151 Å². The second-order valence-electron chi connectivity index (χ2n) is 9.35. The molecular formula is C28H33N5O7. The maximum absolute atomic E-state index is 13.5. The van der Waals surface area contributed by atoms with Crippen molar-refractivity contribution in [1.82, 2.24) is 25.1 Å². The Hall–Kier alpha value is -4.32. The van der Waals surface area contributed by atoms with Crippen molar-refractivity contribution in [1.29, 1.82) is 0 Å². The van der Waals surface area contributed by atoms with E-state index in [1.54, 1.807) is 13.0 Å². The fourth-order valence-corrected chi connectivity index (χ4v) is 4.51. The van der Waals surface area contributed by atoms with Crippen LogP contribution < -0.4 is 5.32 Å². The van der Waals surface area contributed by atoms with E-state index in [1.807, 2.05) is 36.4 Å². The lowest BCUT2D eigenvalue weighted by atomic mass is 10.1. The van der Waals surface area contributed by atoms with Crippen molar-refractivity contribution in [2.75, 3.05) is 46.0 Å². The fraction of sp³-hybridized carbons (Fsp3) is 0.429. The molecule has 4 rings (SSSR count). The number of nitrogens with zero attached hydrogens (tertiary/aromatic N) is 4. The van der Waals surface area contributed by atoms with E-state index in [9.17, 15) is 24.3 Å². The number of carbonyl (C=O) groups is 4. The molecular weight excluding hydrogens is 518 g/mol. The minimum absolute atomic E-state index is 0.0662. The van der Waals surface area contributed by atoms with Crippen LogP contribution in [0.25, 0.3) is 17.0 Å². The Morgan fingerprint density at radius 2 is 1.80 bits per heavy atom. The van der Waals surface area contributed by atoms with Crippen LogP contribution in [0.15, 0.2) is 42.5 Å². The molecule has 0 radical (unpaired) electrons. The minimum Gasteiger partial charge on any atom is -0.481 e. The largest absolute Gasteiger partial charge is 0.481 e. The van der Waals surface area contributed by atoms with Gasteiger partial charge in [-0.15, -0.1) is 0 Å². The lowest BCUT2D eigenvalue weighted by Gasteiger charge is -2.35. The molecule has 1 aromatic carbocycles. The first-order valence-electron chi connectivity index (χ1n) is 13.3. The second kappa shape index (κ2) is 13.7. The van der Waals surface area contributed by atoms with Crippen LogP contribution in [0.1, 0.15) is 42.4 Å². The molecule has 0 saturated carbocycles. The van der Waals surface area contributed by atoms with E-state index >= 15 is 0 Å². The third-order valence-electron chi connectivity index (χ3n) is 6.65. The fourth-order valence-electron chi connectivity index (χ4n) is 4.51. The average molecular weight is 552 g/mol. The maximum Gasteiger partial charge on any atom is 0.409 e. The number of hydrogen-bond donors (Lipinski definition) is 2. The standard InChI is InChI=1S/C28H33N5O7/c1-2-40-28(38)33-14-12-32(13-15-33)27(37)21(8-9-24(34)35)31-26(36)23-18-22(19-10-16-39-17-11-19)29-25(30-23)20-6-4-3-5-7-20/h3-7,10,18,21H,2,8-9,11-17H2,1H3,(H,31,36)(H,34,35). The number of aromatic nitrogens is 2. The molecule has 2 aromatic rings. The Balaban J connectivity index is 1.55. The van der Waals surface area contributed by atoms with Crippen LogP contribution in [0.3, 0.4) is 0 Å². The summed E-state index contributed by atoms with van der Waals surface area (Å²) in [5.41, 5.74) is 2.31. The van der Waals surface area contributed by atoms with Crippen LogP contribution in [0, 0.1) is 0 Å². The molecule has 40 heavy (non-hydrogen) atoms. The Morgan fingerprint density at radius 1 is 1.07 bits per heavy atom. The quantitative estimate of drug-likeness (QED) is 0.478. The van der Waals surface area contributed by atoms with Crippen LogP contribution in [0.5, 0.6) is 0 Å². The van der Waals surface area contributed by atoms with Crippen molar-refractivity contribution in [2.45, 2.75) is 32.2 Å². The highest BCUT2D eigenvalue weighted by atomic mass is 16.6. The van der Waals surface area contributed by atoms with Crippen molar-refractivity contribution in [3.63, 3.8) is 0 Å². The van der Waals surface area contributed by atoms with Crippen LogP contribution >= 0.6 is 0 Å². The van der Waals surface area contributed by atoms with Gasteiger partial charge in [0.2, 0.25) is 5.91 Å². The van der Waals surface area contributed by atoms with Gasteiger partial charge in [-0.25, -0.2) is 14.8 Å². The number of carboxylic acids is 1. The molecule has 12 nitrogen and oxygen atoms in total. The highest BCUT2D eigenvalue weighted by Gasteiger charge is 2.31. The Labute approximate surface area is 232 Å². The first-order valence-corrected chi connectivity index (χ1v) is 13.3. The summed E-state index contributed by atoms with van der Waals surface area (Å²) >= 11 is 0. The molecule has 1 atom stereocenters. The van der Waals surface area contributed by atoms with Gasteiger partial charge in [-0.3, -0.25) is 14.4 Å². The third kappa shape index (κ3) is 7.41. The summed E-state index contributed by atoms with van der Waals surface area (Å²) in [6.07, 6.45) is 1.70. The summed E-state index contributed by atoms with van der Waals surface area (Å²) in [6, 6.07) is 9.74. The number of benzene rings is 1. The minimum atomic E-state index is -1.08. The number of nitrogens with one attached hydrogen (secondary N) is 1. The first-order chi connectivity index (χ1) is 19.4. The number of rotatable bonds is 9. The van der Waals surface area contributed by atoms with E-state index in [0.717, 1.165) is 11.1 Å². The summed E-state index contributed by atoms with van der Waals surface area (Å²) < 4.78 is 10.4. The van der Waals surface area contributed by atoms with Crippen molar-refractivity contribution in [2.24, 2.45) is 0 Å². The second-order valence-corrected chi connectivity index (χ2v) is 9.35. The lowest BCUT2D eigenvalue weighted by Crippen LogP contribution is -2.56. The van der Waals surface area contributed by atoms with Crippen molar-refractivity contribution in [3.8, 4) is 11.4 Å². The molecule has 3 heterocycles. The van der Waals surface area contributed by atoms with E-state index in [-0.39, 0.29) is 51.3 Å². The normalized spacial score (nSPS) is 16.1. The van der Waals surface area contributed by atoms with E-state index in [4.69, 9.17) is 9.47 Å². The summed E-state index contributed by atoms with van der Waals surface area (Å²) in [6.45, 7) is 3.98. The number of piperazine rings is 1. The number of carboxylic acid groups (broad SMARTS) is 1. The number of hydrogen-bond acceptors (Lipinski definition) is 8. The van der Waals surface area contributed by atoms with Gasteiger partial charge in [0.05, 0.1) is 25.5 Å². The molecule has 1 fully saturated rings. The predicted molar refractivity (Wildman–Crippen MR) is 144 cm³/mol. The SMILES string of the molecule is CCOC(=O)N1CCN(C(=O)C(CCC(=O)O)NC(=O)c2cc(C3=CCOCC3)nc(-c3ccccc3)n2)CC1. The number of ether oxygens (including phenoxy) is 2. The van der Waals surface area contributed by atoms with Gasteiger partial charge in [-0.05, 0) is 31.4 Å². The zero-order chi connectivity index (χ0) is 28.5. The molecule has 0 bridgehead atoms.